The van der Waals surface area contributed by atoms with Gasteiger partial charge in [0.1, 0.15) is 6.10 Å². The van der Waals surface area contributed by atoms with Crippen molar-refractivity contribution in [3.63, 3.8) is 0 Å². The van der Waals surface area contributed by atoms with Crippen molar-refractivity contribution in [2.24, 2.45) is 0 Å². The van der Waals surface area contributed by atoms with Crippen LogP contribution in [0, 0.1) is 6.92 Å². The number of benzene rings is 1. The molecule has 0 aliphatic carbocycles. The summed E-state index contributed by atoms with van der Waals surface area (Å²) in [5, 5.41) is 0. The minimum Gasteiger partial charge on any atom is -0.454 e. The van der Waals surface area contributed by atoms with Gasteiger partial charge in [0.05, 0.1) is 5.92 Å². The molecule has 2 unspecified atom stereocenters. The number of hydrogen-bond donors (Lipinski definition) is 0. The molecular formula is C17H20O2. The summed E-state index contributed by atoms with van der Waals surface area (Å²) in [4.78, 5) is 11.7. The van der Waals surface area contributed by atoms with E-state index in [1.165, 1.54) is 5.56 Å². The van der Waals surface area contributed by atoms with Crippen LogP contribution in [0.25, 0.3) is 0 Å². The monoisotopic (exact) mass is 256 g/mol. The van der Waals surface area contributed by atoms with Gasteiger partial charge in [0.25, 0.3) is 0 Å². The molecule has 100 valence electrons. The Labute approximate surface area is 114 Å². The largest absolute Gasteiger partial charge is 0.454 e. The highest BCUT2D eigenvalue weighted by Crippen LogP contribution is 2.36. The zero-order chi connectivity index (χ0) is 13.8. The van der Waals surface area contributed by atoms with E-state index in [1.54, 1.807) is 0 Å². The first-order chi connectivity index (χ1) is 9.13. The summed E-state index contributed by atoms with van der Waals surface area (Å²) in [7, 11) is 0. The minimum atomic E-state index is -0.281. The molecule has 2 heteroatoms. The number of aryl methyl sites for hydroxylation is 1. The molecule has 0 saturated carbocycles. The molecule has 0 bridgehead atoms. The molecule has 19 heavy (non-hydrogen) atoms. The lowest BCUT2D eigenvalue weighted by Crippen LogP contribution is -2.12. The minimum absolute atomic E-state index is 0.0544. The van der Waals surface area contributed by atoms with Crippen molar-refractivity contribution in [1.29, 1.82) is 0 Å². The Balaban J connectivity index is 2.25. The van der Waals surface area contributed by atoms with Gasteiger partial charge in [-0.1, -0.05) is 55.8 Å². The fraction of sp³-hybridized carbons (Fsp3) is 0.353. The van der Waals surface area contributed by atoms with E-state index in [0.717, 1.165) is 18.4 Å². The van der Waals surface area contributed by atoms with Crippen LogP contribution in [0.2, 0.25) is 0 Å². The van der Waals surface area contributed by atoms with E-state index in [1.807, 2.05) is 25.1 Å². The highest BCUT2D eigenvalue weighted by Gasteiger charge is 2.37. The molecular weight excluding hydrogens is 236 g/mol. The third kappa shape index (κ3) is 2.95. The number of carbonyl (C=O) groups excluding carboxylic acids is 1. The molecule has 1 heterocycles. The number of unbranched alkanes of at least 4 members (excludes halogenated alkanes) is 1. The van der Waals surface area contributed by atoms with Crippen LogP contribution in [0.1, 0.15) is 36.8 Å². The Hall–Kier alpha value is -1.83. The smallest absolute Gasteiger partial charge is 0.334 e. The second-order valence-corrected chi connectivity index (χ2v) is 5.00. The number of allylic oxidation sites excluding steroid dienone is 1. The molecule has 1 aromatic rings. The summed E-state index contributed by atoms with van der Waals surface area (Å²) in [6, 6.07) is 8.21. The highest BCUT2D eigenvalue weighted by atomic mass is 16.5. The van der Waals surface area contributed by atoms with E-state index in [2.05, 4.69) is 31.7 Å². The summed E-state index contributed by atoms with van der Waals surface area (Å²) in [6.07, 6.45) is 5.95. The lowest BCUT2D eigenvalue weighted by molar-refractivity contribution is -0.137. The first-order valence-corrected chi connectivity index (χ1v) is 6.76. The number of carbonyl (C=O) groups is 1. The average molecular weight is 256 g/mol. The molecule has 1 aliphatic rings. The van der Waals surface area contributed by atoms with Gasteiger partial charge >= 0.3 is 5.97 Å². The molecule has 2 rings (SSSR count). The van der Waals surface area contributed by atoms with Gasteiger partial charge in [-0.05, 0) is 25.0 Å². The predicted octanol–water partition coefficient (Wildman–Crippen LogP) is 3.92. The zero-order valence-corrected chi connectivity index (χ0v) is 11.6. The van der Waals surface area contributed by atoms with Gasteiger partial charge in [0.2, 0.25) is 0 Å². The fourth-order valence-corrected chi connectivity index (χ4v) is 2.30. The topological polar surface area (TPSA) is 26.3 Å². The van der Waals surface area contributed by atoms with Crippen molar-refractivity contribution in [2.75, 3.05) is 0 Å². The van der Waals surface area contributed by atoms with Crippen molar-refractivity contribution in [3.8, 4) is 0 Å². The molecule has 0 radical (unpaired) electrons. The van der Waals surface area contributed by atoms with Crippen molar-refractivity contribution < 1.29 is 9.53 Å². The summed E-state index contributed by atoms with van der Waals surface area (Å²) in [5.74, 6) is -0.335. The quantitative estimate of drug-likeness (QED) is 0.463. The summed E-state index contributed by atoms with van der Waals surface area (Å²) in [5.41, 5.74) is 2.85. The maximum atomic E-state index is 11.7. The van der Waals surface area contributed by atoms with Crippen molar-refractivity contribution in [1.82, 2.24) is 0 Å². The number of esters is 1. The zero-order valence-electron chi connectivity index (χ0n) is 11.6. The first-order valence-electron chi connectivity index (χ1n) is 6.76. The Kier molecular flexibility index (Phi) is 4.20. The lowest BCUT2D eigenvalue weighted by atomic mass is 9.88. The predicted molar refractivity (Wildman–Crippen MR) is 77.0 cm³/mol. The van der Waals surface area contributed by atoms with Gasteiger partial charge in [0.15, 0.2) is 0 Å². The maximum absolute atomic E-state index is 11.7. The van der Waals surface area contributed by atoms with Gasteiger partial charge in [0, 0.05) is 5.57 Å². The lowest BCUT2D eigenvalue weighted by Gasteiger charge is -2.15. The van der Waals surface area contributed by atoms with Crippen molar-refractivity contribution in [2.45, 2.75) is 38.7 Å². The SMILES string of the molecule is C=C1C(=O)OC(/C=C/CCC)C1c1ccc(C)cc1. The standard InChI is InChI=1S/C17H20O2/c1-4-5-6-7-15-16(13(3)17(18)19-15)14-10-8-12(2)9-11-14/h6-11,15-16H,3-5H2,1-2H3/b7-6+. The van der Waals surface area contributed by atoms with E-state index >= 15 is 0 Å². The fourth-order valence-electron chi connectivity index (χ4n) is 2.30. The van der Waals surface area contributed by atoms with Crippen molar-refractivity contribution in [3.05, 3.63) is 59.7 Å². The van der Waals surface area contributed by atoms with Crippen molar-refractivity contribution >= 4 is 5.97 Å². The van der Waals surface area contributed by atoms with Crippen LogP contribution in [0.3, 0.4) is 0 Å². The van der Waals surface area contributed by atoms with Crippen LogP contribution in [-0.2, 0) is 9.53 Å². The molecule has 2 atom stereocenters. The number of rotatable bonds is 4. The molecule has 0 amide bonds. The molecule has 1 fully saturated rings. The Morgan fingerprint density at radius 2 is 2.00 bits per heavy atom. The molecule has 2 nitrogen and oxygen atoms in total. The Morgan fingerprint density at radius 3 is 2.63 bits per heavy atom. The third-order valence-electron chi connectivity index (χ3n) is 3.43. The van der Waals surface area contributed by atoms with Crippen LogP contribution >= 0.6 is 0 Å². The van der Waals surface area contributed by atoms with Crippen LogP contribution in [-0.4, -0.2) is 12.1 Å². The van der Waals surface area contributed by atoms with Gasteiger partial charge in [-0.2, -0.15) is 0 Å². The van der Waals surface area contributed by atoms with Crippen LogP contribution in [0.4, 0.5) is 0 Å². The van der Waals surface area contributed by atoms with Crippen LogP contribution < -0.4 is 0 Å². The Morgan fingerprint density at radius 1 is 1.32 bits per heavy atom. The summed E-state index contributed by atoms with van der Waals surface area (Å²) >= 11 is 0. The average Bonchev–Trinajstić information content (AvgIpc) is 2.67. The maximum Gasteiger partial charge on any atom is 0.334 e. The van der Waals surface area contributed by atoms with Gasteiger partial charge < -0.3 is 4.74 Å². The van der Waals surface area contributed by atoms with E-state index in [4.69, 9.17) is 4.74 Å². The second-order valence-electron chi connectivity index (χ2n) is 5.00. The van der Waals surface area contributed by atoms with Crippen LogP contribution in [0.5, 0.6) is 0 Å². The van der Waals surface area contributed by atoms with Gasteiger partial charge in [-0.3, -0.25) is 0 Å². The molecule has 0 aromatic heterocycles. The summed E-state index contributed by atoms with van der Waals surface area (Å²) in [6.45, 7) is 8.06. The molecule has 1 saturated heterocycles. The van der Waals surface area contributed by atoms with E-state index in [0.29, 0.717) is 5.57 Å². The molecule has 1 aliphatic heterocycles. The molecule has 1 aromatic carbocycles. The number of ether oxygens (including phenoxy) is 1. The molecule has 0 N–H and O–H groups in total. The van der Waals surface area contributed by atoms with Gasteiger partial charge in [-0.15, -0.1) is 0 Å². The van der Waals surface area contributed by atoms with Gasteiger partial charge in [-0.25, -0.2) is 4.79 Å². The number of hydrogen-bond acceptors (Lipinski definition) is 2. The summed E-state index contributed by atoms with van der Waals surface area (Å²) < 4.78 is 5.39. The highest BCUT2D eigenvalue weighted by molar-refractivity contribution is 5.92. The van der Waals surface area contributed by atoms with Crippen LogP contribution in [0.15, 0.2) is 48.6 Å². The number of cyclic esters (lactones) is 1. The van der Waals surface area contributed by atoms with E-state index in [-0.39, 0.29) is 18.0 Å². The normalized spacial score (nSPS) is 23.1. The van der Waals surface area contributed by atoms with E-state index in [9.17, 15) is 4.79 Å². The van der Waals surface area contributed by atoms with E-state index < -0.39 is 0 Å². The Bertz CT molecular complexity index is 496. The molecule has 0 spiro atoms. The second kappa shape index (κ2) is 5.87. The third-order valence-corrected chi connectivity index (χ3v) is 3.43. The first kappa shape index (κ1) is 13.6.